The molecule has 0 unspecified atom stereocenters. The number of nitrogens with zero attached hydrogens (tertiary/aromatic N) is 2. The van der Waals surface area contributed by atoms with Crippen molar-refractivity contribution in [2.75, 3.05) is 0 Å². The minimum Gasteiger partial charge on any atom is -0.480 e. The molecule has 1 heterocycles. The van der Waals surface area contributed by atoms with Crippen LogP contribution in [0.25, 0.3) is 11.3 Å². The van der Waals surface area contributed by atoms with Crippen LogP contribution in [0.3, 0.4) is 0 Å². The average molecular weight is 412 g/mol. The molecule has 3 aromatic rings. The first-order valence-electron chi connectivity index (χ1n) is 8.82. The van der Waals surface area contributed by atoms with Crippen LogP contribution in [0.15, 0.2) is 71.5 Å². The first kappa shape index (κ1) is 20.3. The fraction of sp³-hybridized carbons (Fsp3) is 0.143. The van der Waals surface area contributed by atoms with Gasteiger partial charge in [0.1, 0.15) is 12.6 Å². The first-order valence-corrected chi connectivity index (χ1v) is 9.20. The maximum absolute atomic E-state index is 12.4. The maximum Gasteiger partial charge on any atom is 0.326 e. The van der Waals surface area contributed by atoms with E-state index in [2.05, 4.69) is 10.4 Å². The number of aromatic nitrogens is 2. The number of benzene rings is 2. The summed E-state index contributed by atoms with van der Waals surface area (Å²) in [6, 6.07) is 17.6. The van der Waals surface area contributed by atoms with E-state index in [9.17, 15) is 19.5 Å². The molecule has 2 aromatic carbocycles. The SMILES string of the molecule is O=C(Cn1nc(-c2ccc(Cl)cc2)ccc1=O)N[C@H](Cc1ccccc1)C(=O)O. The fourth-order valence-electron chi connectivity index (χ4n) is 2.76. The Bertz CT molecular complexity index is 1070. The molecule has 0 aliphatic rings. The number of amides is 1. The predicted molar refractivity (Wildman–Crippen MR) is 109 cm³/mol. The summed E-state index contributed by atoms with van der Waals surface area (Å²) in [6.45, 7) is -0.390. The van der Waals surface area contributed by atoms with E-state index in [1.54, 1.807) is 54.6 Å². The van der Waals surface area contributed by atoms with Crippen molar-refractivity contribution in [1.82, 2.24) is 15.1 Å². The maximum atomic E-state index is 12.4. The highest BCUT2D eigenvalue weighted by atomic mass is 35.5. The normalized spacial score (nSPS) is 11.6. The van der Waals surface area contributed by atoms with E-state index in [0.717, 1.165) is 15.8 Å². The molecule has 0 spiro atoms. The number of carboxylic acids is 1. The van der Waals surface area contributed by atoms with Crippen LogP contribution in [-0.2, 0) is 22.6 Å². The number of hydrogen-bond donors (Lipinski definition) is 2. The zero-order chi connectivity index (χ0) is 20.8. The molecule has 2 N–H and O–H groups in total. The van der Waals surface area contributed by atoms with Crippen LogP contribution >= 0.6 is 11.6 Å². The van der Waals surface area contributed by atoms with Gasteiger partial charge in [-0.1, -0.05) is 54.1 Å². The van der Waals surface area contributed by atoms with E-state index >= 15 is 0 Å². The number of aliphatic carboxylic acids is 1. The van der Waals surface area contributed by atoms with Gasteiger partial charge in [0.05, 0.1) is 5.69 Å². The third-order valence-electron chi connectivity index (χ3n) is 4.22. The van der Waals surface area contributed by atoms with Gasteiger partial charge in [0, 0.05) is 23.1 Å². The van der Waals surface area contributed by atoms with E-state index < -0.39 is 30.0 Å². The van der Waals surface area contributed by atoms with Crippen LogP contribution in [0.2, 0.25) is 5.02 Å². The van der Waals surface area contributed by atoms with Crippen LogP contribution in [-0.4, -0.2) is 32.8 Å². The topological polar surface area (TPSA) is 101 Å². The van der Waals surface area contributed by atoms with Crippen molar-refractivity contribution >= 4 is 23.5 Å². The summed E-state index contributed by atoms with van der Waals surface area (Å²) in [6.07, 6.45) is 0.134. The summed E-state index contributed by atoms with van der Waals surface area (Å²) in [5.74, 6) is -1.77. The lowest BCUT2D eigenvalue weighted by atomic mass is 10.1. The largest absolute Gasteiger partial charge is 0.480 e. The molecule has 1 atom stereocenters. The number of carbonyl (C=O) groups is 2. The van der Waals surface area contributed by atoms with Gasteiger partial charge in [-0.3, -0.25) is 9.59 Å². The van der Waals surface area contributed by atoms with Gasteiger partial charge in [-0.2, -0.15) is 5.10 Å². The van der Waals surface area contributed by atoms with E-state index in [1.165, 1.54) is 6.07 Å². The zero-order valence-corrected chi connectivity index (χ0v) is 16.0. The zero-order valence-electron chi connectivity index (χ0n) is 15.3. The Balaban J connectivity index is 1.73. The van der Waals surface area contributed by atoms with Crippen LogP contribution in [0.4, 0.5) is 0 Å². The minimum atomic E-state index is -1.16. The number of carboxylic acid groups (broad SMARTS) is 1. The van der Waals surface area contributed by atoms with Gasteiger partial charge in [0.25, 0.3) is 5.56 Å². The van der Waals surface area contributed by atoms with E-state index in [1.807, 2.05) is 6.07 Å². The van der Waals surface area contributed by atoms with Crippen molar-refractivity contribution in [2.24, 2.45) is 0 Å². The van der Waals surface area contributed by atoms with Gasteiger partial charge in [-0.15, -0.1) is 0 Å². The molecule has 3 rings (SSSR count). The second kappa shape index (κ2) is 9.16. The molecule has 29 heavy (non-hydrogen) atoms. The second-order valence-corrected chi connectivity index (χ2v) is 6.81. The Morgan fingerprint density at radius 3 is 2.38 bits per heavy atom. The number of hydrogen-bond acceptors (Lipinski definition) is 4. The van der Waals surface area contributed by atoms with Gasteiger partial charge in [-0.05, 0) is 23.8 Å². The van der Waals surface area contributed by atoms with Crippen molar-refractivity contribution in [3.63, 3.8) is 0 Å². The molecule has 0 aliphatic heterocycles. The lowest BCUT2D eigenvalue weighted by Gasteiger charge is -2.15. The van der Waals surface area contributed by atoms with Crippen LogP contribution in [0.1, 0.15) is 5.56 Å². The van der Waals surface area contributed by atoms with Crippen LogP contribution in [0.5, 0.6) is 0 Å². The fourth-order valence-corrected chi connectivity index (χ4v) is 2.89. The van der Waals surface area contributed by atoms with Crippen LogP contribution in [0, 0.1) is 0 Å². The predicted octanol–water partition coefficient (Wildman–Crippen LogP) is 2.38. The molecule has 0 saturated carbocycles. The van der Waals surface area contributed by atoms with Gasteiger partial charge >= 0.3 is 5.97 Å². The monoisotopic (exact) mass is 411 g/mol. The van der Waals surface area contributed by atoms with Crippen molar-refractivity contribution in [3.05, 3.63) is 87.7 Å². The highest BCUT2D eigenvalue weighted by Crippen LogP contribution is 2.18. The number of rotatable bonds is 7. The molecular weight excluding hydrogens is 394 g/mol. The molecule has 0 aliphatic carbocycles. The first-order chi connectivity index (χ1) is 13.9. The molecular formula is C21H18ClN3O4. The van der Waals surface area contributed by atoms with E-state index in [-0.39, 0.29) is 6.42 Å². The summed E-state index contributed by atoms with van der Waals surface area (Å²) in [4.78, 5) is 36.0. The average Bonchev–Trinajstić information content (AvgIpc) is 2.70. The Kier molecular flexibility index (Phi) is 6.41. The Labute approximate surface area is 171 Å². The van der Waals surface area contributed by atoms with Crippen molar-refractivity contribution < 1.29 is 14.7 Å². The Hall–Kier alpha value is -3.45. The number of carbonyl (C=O) groups excluding carboxylic acids is 1. The highest BCUT2D eigenvalue weighted by Gasteiger charge is 2.21. The molecule has 1 aromatic heterocycles. The second-order valence-electron chi connectivity index (χ2n) is 6.37. The molecule has 0 saturated heterocycles. The molecule has 8 heteroatoms. The number of halogens is 1. The van der Waals surface area contributed by atoms with Gasteiger partial charge in [-0.25, -0.2) is 9.48 Å². The molecule has 148 valence electrons. The summed E-state index contributed by atoms with van der Waals surface area (Å²) < 4.78 is 1.00. The van der Waals surface area contributed by atoms with E-state index in [4.69, 9.17) is 11.6 Å². The smallest absolute Gasteiger partial charge is 0.326 e. The minimum absolute atomic E-state index is 0.134. The van der Waals surface area contributed by atoms with E-state index in [0.29, 0.717) is 10.7 Å². The Morgan fingerprint density at radius 2 is 1.72 bits per heavy atom. The summed E-state index contributed by atoms with van der Waals surface area (Å²) in [7, 11) is 0. The Morgan fingerprint density at radius 1 is 1.03 bits per heavy atom. The van der Waals surface area contributed by atoms with Gasteiger partial charge in [0.15, 0.2) is 0 Å². The number of nitrogens with one attached hydrogen (secondary N) is 1. The van der Waals surface area contributed by atoms with Crippen molar-refractivity contribution in [2.45, 2.75) is 19.0 Å². The quantitative estimate of drug-likeness (QED) is 0.621. The third kappa shape index (κ3) is 5.52. The lowest BCUT2D eigenvalue weighted by Crippen LogP contribution is -2.44. The molecule has 0 fully saturated rings. The molecule has 0 radical (unpaired) electrons. The van der Waals surface area contributed by atoms with Gasteiger partial charge < -0.3 is 10.4 Å². The summed E-state index contributed by atoms with van der Waals surface area (Å²) in [5, 5.41) is 16.6. The summed E-state index contributed by atoms with van der Waals surface area (Å²) >= 11 is 5.88. The summed E-state index contributed by atoms with van der Waals surface area (Å²) in [5.41, 5.74) is 1.54. The highest BCUT2D eigenvalue weighted by molar-refractivity contribution is 6.30. The van der Waals surface area contributed by atoms with Crippen LogP contribution < -0.4 is 10.9 Å². The standard InChI is InChI=1S/C21H18ClN3O4/c22-16-8-6-15(7-9-16)17-10-11-20(27)25(24-17)13-19(26)23-18(21(28)29)12-14-4-2-1-3-5-14/h1-11,18H,12-13H2,(H,23,26)(H,28,29)/t18-/m1/s1. The molecule has 0 bridgehead atoms. The lowest BCUT2D eigenvalue weighted by molar-refractivity contribution is -0.141. The molecule has 1 amide bonds. The third-order valence-corrected chi connectivity index (χ3v) is 4.47. The van der Waals surface area contributed by atoms with Crippen molar-refractivity contribution in [3.8, 4) is 11.3 Å². The van der Waals surface area contributed by atoms with Crippen molar-refractivity contribution in [1.29, 1.82) is 0 Å². The molecule has 7 nitrogen and oxygen atoms in total. The van der Waals surface area contributed by atoms with Gasteiger partial charge in [0.2, 0.25) is 5.91 Å².